The number of nitrogens with zero attached hydrogens (tertiary/aromatic N) is 1. The molecule has 0 aromatic rings. The third-order valence-corrected chi connectivity index (χ3v) is 6.36. The van der Waals surface area contributed by atoms with Gasteiger partial charge in [0.1, 0.15) is 0 Å². The molecule has 0 N–H and O–H groups in total. The fourth-order valence-electron chi connectivity index (χ4n) is 2.39. The lowest BCUT2D eigenvalue weighted by molar-refractivity contribution is -0.290. The van der Waals surface area contributed by atoms with Crippen molar-refractivity contribution in [1.29, 1.82) is 0 Å². The van der Waals surface area contributed by atoms with E-state index in [2.05, 4.69) is 0 Å². The number of halogens is 6. The second kappa shape index (κ2) is 4.91. The fourth-order valence-corrected chi connectivity index (χ4v) is 4.94. The minimum atomic E-state index is -5.27. The van der Waals surface area contributed by atoms with Gasteiger partial charge in [-0.15, -0.1) is 0 Å². The van der Waals surface area contributed by atoms with Gasteiger partial charge in [-0.2, -0.15) is 26.3 Å². The van der Waals surface area contributed by atoms with Crippen molar-refractivity contribution in [2.75, 3.05) is 13.1 Å². The van der Waals surface area contributed by atoms with Crippen LogP contribution in [0.15, 0.2) is 0 Å². The average molecular weight is 325 g/mol. The summed E-state index contributed by atoms with van der Waals surface area (Å²) >= 11 is 0. The van der Waals surface area contributed by atoms with Crippen LogP contribution in [0, 0.1) is 5.41 Å². The Morgan fingerprint density at radius 3 is 1.74 bits per heavy atom. The quantitative estimate of drug-likeness (QED) is 0.423. The van der Waals surface area contributed by atoms with E-state index >= 15 is 0 Å². The summed E-state index contributed by atoms with van der Waals surface area (Å²) in [5.41, 5.74) is -0.145. The van der Waals surface area contributed by atoms with Crippen molar-refractivity contribution in [2.24, 2.45) is 5.41 Å². The summed E-state index contributed by atoms with van der Waals surface area (Å²) in [5, 5.41) is 0. The van der Waals surface area contributed by atoms with Crippen molar-refractivity contribution in [2.45, 2.75) is 42.7 Å². The van der Waals surface area contributed by atoms with E-state index < -0.39 is 18.4 Å². The van der Waals surface area contributed by atoms with Gasteiger partial charge >= 0.3 is 12.4 Å². The summed E-state index contributed by atoms with van der Waals surface area (Å²) in [5.74, 6) is 0. The summed E-state index contributed by atoms with van der Waals surface area (Å²) in [7, 11) is 3.30. The summed E-state index contributed by atoms with van der Waals surface area (Å²) in [6.45, 7) is 1.63. The lowest BCUT2D eigenvalue weighted by atomic mass is 9.81. The third-order valence-electron chi connectivity index (χ3n) is 3.69. The molecule has 2 heterocycles. The zero-order valence-corrected chi connectivity index (χ0v) is 11.6. The molecule has 2 saturated heterocycles. The predicted octanol–water partition coefficient (Wildman–Crippen LogP) is 4.30. The zero-order valence-electron chi connectivity index (χ0n) is 10.0. The first kappa shape index (κ1) is 15.6. The maximum absolute atomic E-state index is 12.6. The maximum atomic E-state index is 12.6. The predicted molar refractivity (Wildman–Crippen MR) is 63.8 cm³/mol. The van der Waals surface area contributed by atoms with Crippen molar-refractivity contribution < 1.29 is 26.3 Å². The van der Waals surface area contributed by atoms with Crippen molar-refractivity contribution in [1.82, 2.24) is 4.90 Å². The molecule has 0 atom stereocenters. The molecule has 0 aromatic heterocycles. The van der Waals surface area contributed by atoms with E-state index in [1.165, 1.54) is 0 Å². The Bertz CT molecular complexity index is 316. The lowest BCUT2D eigenvalue weighted by Crippen LogP contribution is -2.58. The van der Waals surface area contributed by atoms with E-state index in [0.717, 1.165) is 0 Å². The SMILES string of the molecule is CC1(C2SS2)CCN(C(C(F)(F)F)C(F)(F)F)CC1. The van der Waals surface area contributed by atoms with Crippen LogP contribution in [0.1, 0.15) is 19.8 Å². The molecule has 0 spiro atoms. The van der Waals surface area contributed by atoms with Crippen LogP contribution in [0.25, 0.3) is 0 Å². The first-order valence-corrected chi connectivity index (χ1v) is 8.01. The van der Waals surface area contributed by atoms with Gasteiger partial charge in [0.25, 0.3) is 0 Å². The zero-order chi connectivity index (χ0) is 14.5. The van der Waals surface area contributed by atoms with Crippen LogP contribution in [0.4, 0.5) is 26.3 Å². The smallest absolute Gasteiger partial charge is 0.285 e. The summed E-state index contributed by atoms with van der Waals surface area (Å²) in [6.07, 6.45) is -9.79. The normalized spacial score (nSPS) is 25.9. The molecule has 0 saturated carbocycles. The Labute approximate surface area is 114 Å². The van der Waals surface area contributed by atoms with Gasteiger partial charge in [0.15, 0.2) is 0 Å². The number of alkyl halides is 6. The van der Waals surface area contributed by atoms with Crippen LogP contribution in [-0.2, 0) is 0 Å². The lowest BCUT2D eigenvalue weighted by Gasteiger charge is -2.42. The summed E-state index contributed by atoms with van der Waals surface area (Å²) in [6, 6.07) is -3.33. The van der Waals surface area contributed by atoms with Crippen LogP contribution in [-0.4, -0.2) is 41.0 Å². The van der Waals surface area contributed by atoms with Crippen LogP contribution in [0.3, 0.4) is 0 Å². The van der Waals surface area contributed by atoms with Gasteiger partial charge < -0.3 is 0 Å². The molecule has 9 heteroatoms. The fraction of sp³-hybridized carbons (Fsp3) is 1.00. The van der Waals surface area contributed by atoms with Crippen molar-refractivity contribution in [3.05, 3.63) is 0 Å². The van der Waals surface area contributed by atoms with Crippen LogP contribution < -0.4 is 0 Å². The second-order valence-electron chi connectivity index (χ2n) is 5.20. The van der Waals surface area contributed by atoms with Gasteiger partial charge in [0.05, 0.1) is 4.58 Å². The Balaban J connectivity index is 2.05. The van der Waals surface area contributed by atoms with Crippen molar-refractivity contribution in [3.63, 3.8) is 0 Å². The molecule has 0 unspecified atom stereocenters. The highest BCUT2D eigenvalue weighted by Gasteiger charge is 2.60. The van der Waals surface area contributed by atoms with Gasteiger partial charge in [0.2, 0.25) is 6.04 Å². The van der Waals surface area contributed by atoms with Gasteiger partial charge in [-0.05, 0) is 31.3 Å². The second-order valence-corrected chi connectivity index (χ2v) is 7.98. The number of hydrogen-bond donors (Lipinski definition) is 0. The molecule has 0 radical (unpaired) electrons. The van der Waals surface area contributed by atoms with Crippen molar-refractivity contribution >= 4 is 21.6 Å². The van der Waals surface area contributed by atoms with Crippen LogP contribution in [0.5, 0.6) is 0 Å². The number of likely N-dealkylation sites (tertiary alicyclic amines) is 1. The molecule has 1 nitrogen and oxygen atoms in total. The van der Waals surface area contributed by atoms with Gasteiger partial charge in [-0.3, -0.25) is 4.90 Å². The van der Waals surface area contributed by atoms with E-state index in [0.29, 0.717) is 22.3 Å². The van der Waals surface area contributed by atoms with E-state index in [1.54, 1.807) is 21.6 Å². The molecule has 0 bridgehead atoms. The first-order chi connectivity index (χ1) is 8.54. The summed E-state index contributed by atoms with van der Waals surface area (Å²) in [4.78, 5) is 0.527. The largest absolute Gasteiger partial charge is 0.412 e. The maximum Gasteiger partial charge on any atom is 0.412 e. The topological polar surface area (TPSA) is 3.24 Å². The molecule has 2 fully saturated rings. The minimum absolute atomic E-state index is 0.145. The monoisotopic (exact) mass is 325 g/mol. The summed E-state index contributed by atoms with van der Waals surface area (Å²) < 4.78 is 75.9. The van der Waals surface area contributed by atoms with Gasteiger partial charge in [-0.25, -0.2) is 0 Å². The first-order valence-electron chi connectivity index (χ1n) is 5.74. The average Bonchev–Trinajstić information content (AvgIpc) is 3.00. The number of rotatable bonds is 2. The third kappa shape index (κ3) is 3.47. The van der Waals surface area contributed by atoms with Gasteiger partial charge in [0, 0.05) is 0 Å². The highest BCUT2D eigenvalue weighted by Crippen LogP contribution is 2.64. The molecular weight excluding hydrogens is 312 g/mol. The Morgan fingerprint density at radius 2 is 1.42 bits per heavy atom. The molecule has 0 aliphatic carbocycles. The highest BCUT2D eigenvalue weighted by atomic mass is 33.2. The highest BCUT2D eigenvalue weighted by molar-refractivity contribution is 8.92. The van der Waals surface area contributed by atoms with E-state index in [1.807, 2.05) is 6.92 Å². The molecule has 19 heavy (non-hydrogen) atoms. The van der Waals surface area contributed by atoms with Crippen LogP contribution >= 0.6 is 21.6 Å². The van der Waals surface area contributed by atoms with Crippen LogP contribution in [0.2, 0.25) is 0 Å². The van der Waals surface area contributed by atoms with Crippen molar-refractivity contribution in [3.8, 4) is 0 Å². The number of piperidine rings is 1. The van der Waals surface area contributed by atoms with E-state index in [-0.39, 0.29) is 18.5 Å². The molecule has 2 aliphatic rings. The molecular formula is C10H13F6NS2. The Kier molecular flexibility index (Phi) is 4.04. The molecule has 0 amide bonds. The molecule has 2 aliphatic heterocycles. The Hall–Kier alpha value is 0.240. The van der Waals surface area contributed by atoms with E-state index in [9.17, 15) is 26.3 Å². The molecule has 0 aromatic carbocycles. The van der Waals surface area contributed by atoms with Gasteiger partial charge in [-0.1, -0.05) is 28.5 Å². The molecule has 2 rings (SSSR count). The van der Waals surface area contributed by atoms with E-state index in [4.69, 9.17) is 0 Å². The minimum Gasteiger partial charge on any atom is -0.285 e. The standard InChI is InChI=1S/C10H13F6NS2/c1-8(7-18-19-7)2-4-17(5-3-8)6(9(11,12)13)10(14,15)16/h6-7H,2-5H2,1H3. The number of hydrogen-bond acceptors (Lipinski definition) is 3. The Morgan fingerprint density at radius 1 is 1.00 bits per heavy atom. The molecule has 112 valence electrons.